The molecule has 1 amide bonds. The van der Waals surface area contributed by atoms with Gasteiger partial charge in [0.1, 0.15) is 11.5 Å². The summed E-state index contributed by atoms with van der Waals surface area (Å²) in [4.78, 5) is 14.2. The Morgan fingerprint density at radius 3 is 3.00 bits per heavy atom. The maximum Gasteiger partial charge on any atom is 0.255 e. The predicted molar refractivity (Wildman–Crippen MR) is 72.3 cm³/mol. The number of rotatable bonds is 3. The van der Waals surface area contributed by atoms with Crippen molar-refractivity contribution in [1.82, 2.24) is 10.2 Å². The number of carbonyl (C=O) groups excluding carboxylic acids is 1. The van der Waals surface area contributed by atoms with Crippen molar-refractivity contribution < 1.29 is 15.0 Å². The van der Waals surface area contributed by atoms with Gasteiger partial charge < -0.3 is 20.4 Å². The third-order valence-electron chi connectivity index (χ3n) is 3.50. The number of phenolic OH excluding ortho intramolecular Hbond substituents is 2. The average molecular weight is 264 g/mol. The van der Waals surface area contributed by atoms with E-state index in [0.717, 1.165) is 25.9 Å². The van der Waals surface area contributed by atoms with Crippen molar-refractivity contribution in [1.29, 1.82) is 0 Å². The summed E-state index contributed by atoms with van der Waals surface area (Å²) in [5.41, 5.74) is 0.115. The minimum absolute atomic E-state index is 0.0275. The molecule has 0 aromatic heterocycles. The Bertz CT molecular complexity index is 462. The molecule has 1 aromatic carbocycles. The van der Waals surface area contributed by atoms with Crippen LogP contribution in [0.15, 0.2) is 18.2 Å². The van der Waals surface area contributed by atoms with Gasteiger partial charge in [0.2, 0.25) is 0 Å². The number of benzene rings is 1. The van der Waals surface area contributed by atoms with Crippen LogP contribution in [0.3, 0.4) is 0 Å². The molecule has 19 heavy (non-hydrogen) atoms. The van der Waals surface area contributed by atoms with E-state index in [1.54, 1.807) is 0 Å². The Balaban J connectivity index is 1.92. The Hall–Kier alpha value is -1.75. The number of nitrogens with one attached hydrogen (secondary N) is 1. The van der Waals surface area contributed by atoms with Crippen LogP contribution in [0, 0.1) is 5.92 Å². The highest BCUT2D eigenvalue weighted by molar-refractivity contribution is 5.97. The van der Waals surface area contributed by atoms with Crippen LogP contribution in [0.4, 0.5) is 0 Å². The molecule has 0 radical (unpaired) electrons. The molecular formula is C14H20N2O3. The Morgan fingerprint density at radius 1 is 1.47 bits per heavy atom. The van der Waals surface area contributed by atoms with E-state index < -0.39 is 0 Å². The normalized spacial score (nSPS) is 20.2. The number of hydrogen-bond donors (Lipinski definition) is 3. The van der Waals surface area contributed by atoms with E-state index in [4.69, 9.17) is 0 Å². The van der Waals surface area contributed by atoms with Gasteiger partial charge in [-0.2, -0.15) is 0 Å². The van der Waals surface area contributed by atoms with Crippen LogP contribution in [0.2, 0.25) is 0 Å². The van der Waals surface area contributed by atoms with Gasteiger partial charge in [-0.15, -0.1) is 0 Å². The van der Waals surface area contributed by atoms with Gasteiger partial charge in [0.15, 0.2) is 0 Å². The summed E-state index contributed by atoms with van der Waals surface area (Å²) in [5, 5.41) is 21.8. The van der Waals surface area contributed by atoms with Gasteiger partial charge in [0, 0.05) is 13.1 Å². The van der Waals surface area contributed by atoms with Crippen LogP contribution in [-0.4, -0.2) is 47.7 Å². The summed E-state index contributed by atoms with van der Waals surface area (Å²) in [6, 6.07) is 3.94. The summed E-state index contributed by atoms with van der Waals surface area (Å²) in [6.07, 6.45) is 2.26. The van der Waals surface area contributed by atoms with Gasteiger partial charge in [-0.25, -0.2) is 0 Å². The Labute approximate surface area is 112 Å². The first-order valence-corrected chi connectivity index (χ1v) is 6.55. The third kappa shape index (κ3) is 3.61. The second-order valence-corrected chi connectivity index (χ2v) is 5.18. The SMILES string of the molecule is CN1CCCC(CNC(=O)c2cc(O)ccc2O)C1. The minimum Gasteiger partial charge on any atom is -0.508 e. The molecule has 5 heteroatoms. The fourth-order valence-electron chi connectivity index (χ4n) is 2.48. The van der Waals surface area contributed by atoms with Gasteiger partial charge in [0.05, 0.1) is 5.56 Å². The van der Waals surface area contributed by atoms with Crippen molar-refractivity contribution in [2.45, 2.75) is 12.8 Å². The first kappa shape index (κ1) is 13.7. The van der Waals surface area contributed by atoms with Crippen molar-refractivity contribution >= 4 is 5.91 Å². The molecule has 0 bridgehead atoms. The number of carbonyl (C=O) groups is 1. The van der Waals surface area contributed by atoms with E-state index >= 15 is 0 Å². The van der Waals surface area contributed by atoms with Crippen molar-refractivity contribution in [2.24, 2.45) is 5.92 Å². The highest BCUT2D eigenvalue weighted by Crippen LogP contribution is 2.22. The quantitative estimate of drug-likeness (QED) is 0.717. The Kier molecular flexibility index (Phi) is 4.27. The lowest BCUT2D eigenvalue weighted by Gasteiger charge is -2.29. The molecule has 1 atom stereocenters. The lowest BCUT2D eigenvalue weighted by atomic mass is 9.98. The molecule has 0 aliphatic carbocycles. The first-order valence-electron chi connectivity index (χ1n) is 6.55. The van der Waals surface area contributed by atoms with Crippen LogP contribution in [0.25, 0.3) is 0 Å². The van der Waals surface area contributed by atoms with Crippen molar-refractivity contribution in [3.8, 4) is 11.5 Å². The van der Waals surface area contributed by atoms with Gasteiger partial charge in [-0.05, 0) is 50.6 Å². The highest BCUT2D eigenvalue weighted by atomic mass is 16.3. The van der Waals surface area contributed by atoms with Crippen LogP contribution in [0.5, 0.6) is 11.5 Å². The molecule has 0 saturated carbocycles. The molecule has 3 N–H and O–H groups in total. The average Bonchev–Trinajstić information content (AvgIpc) is 2.39. The maximum absolute atomic E-state index is 11.9. The highest BCUT2D eigenvalue weighted by Gasteiger charge is 2.19. The summed E-state index contributed by atoms with van der Waals surface area (Å²) in [6.45, 7) is 2.68. The van der Waals surface area contributed by atoms with E-state index in [2.05, 4.69) is 17.3 Å². The second-order valence-electron chi connectivity index (χ2n) is 5.18. The first-order chi connectivity index (χ1) is 9.06. The van der Waals surface area contributed by atoms with Crippen LogP contribution in [-0.2, 0) is 0 Å². The van der Waals surface area contributed by atoms with E-state index in [9.17, 15) is 15.0 Å². The third-order valence-corrected chi connectivity index (χ3v) is 3.50. The summed E-state index contributed by atoms with van der Waals surface area (Å²) < 4.78 is 0. The van der Waals surface area contributed by atoms with Gasteiger partial charge in [-0.1, -0.05) is 0 Å². The van der Waals surface area contributed by atoms with Crippen LogP contribution in [0.1, 0.15) is 23.2 Å². The molecule has 5 nitrogen and oxygen atoms in total. The van der Waals surface area contributed by atoms with E-state index in [-0.39, 0.29) is 23.0 Å². The zero-order valence-corrected chi connectivity index (χ0v) is 11.1. The van der Waals surface area contributed by atoms with Crippen molar-refractivity contribution in [2.75, 3.05) is 26.7 Å². The molecule has 1 saturated heterocycles. The van der Waals surface area contributed by atoms with Gasteiger partial charge >= 0.3 is 0 Å². The molecule has 1 aromatic rings. The number of amides is 1. The van der Waals surface area contributed by atoms with Crippen molar-refractivity contribution in [3.63, 3.8) is 0 Å². The predicted octanol–water partition coefficient (Wildman–Crippen LogP) is 1.17. The molecule has 1 heterocycles. The number of nitrogens with zero attached hydrogens (tertiary/aromatic N) is 1. The van der Waals surface area contributed by atoms with Crippen LogP contribution < -0.4 is 5.32 Å². The lowest BCUT2D eigenvalue weighted by molar-refractivity contribution is 0.0933. The smallest absolute Gasteiger partial charge is 0.255 e. The topological polar surface area (TPSA) is 72.8 Å². The molecule has 0 spiro atoms. The molecule has 2 rings (SSSR count). The molecule has 1 fully saturated rings. The maximum atomic E-state index is 11.9. The number of hydrogen-bond acceptors (Lipinski definition) is 4. The van der Waals surface area contributed by atoms with E-state index in [0.29, 0.717) is 12.5 Å². The summed E-state index contributed by atoms with van der Waals surface area (Å²) in [5.74, 6) is -0.0415. The largest absolute Gasteiger partial charge is 0.508 e. The number of piperidine rings is 1. The van der Waals surface area contributed by atoms with Crippen LogP contribution >= 0.6 is 0 Å². The fraction of sp³-hybridized carbons (Fsp3) is 0.500. The standard InChI is InChI=1S/C14H20N2O3/c1-16-6-2-3-10(9-16)8-15-14(19)12-7-11(17)4-5-13(12)18/h4-5,7,10,17-18H,2-3,6,8-9H2,1H3,(H,15,19). The number of phenols is 2. The zero-order chi connectivity index (χ0) is 13.8. The molecule has 1 aliphatic rings. The Morgan fingerprint density at radius 2 is 2.26 bits per heavy atom. The minimum atomic E-state index is -0.346. The van der Waals surface area contributed by atoms with E-state index in [1.165, 1.54) is 18.2 Å². The van der Waals surface area contributed by atoms with Crippen molar-refractivity contribution in [3.05, 3.63) is 23.8 Å². The summed E-state index contributed by atoms with van der Waals surface area (Å²) >= 11 is 0. The van der Waals surface area contributed by atoms with E-state index in [1.807, 2.05) is 0 Å². The monoisotopic (exact) mass is 264 g/mol. The summed E-state index contributed by atoms with van der Waals surface area (Å²) in [7, 11) is 2.08. The van der Waals surface area contributed by atoms with Gasteiger partial charge in [0.25, 0.3) is 5.91 Å². The van der Waals surface area contributed by atoms with Gasteiger partial charge in [-0.3, -0.25) is 4.79 Å². The zero-order valence-electron chi connectivity index (χ0n) is 11.1. The molecule has 1 aliphatic heterocycles. The second kappa shape index (κ2) is 5.93. The molecular weight excluding hydrogens is 244 g/mol. The molecule has 1 unspecified atom stereocenters. The fourth-order valence-corrected chi connectivity index (χ4v) is 2.48. The number of likely N-dealkylation sites (tertiary alicyclic amines) is 1. The molecule has 104 valence electrons. The number of aromatic hydroxyl groups is 2. The lowest BCUT2D eigenvalue weighted by Crippen LogP contribution is -2.39.